The normalized spacial score (nSPS) is 12.1. The Kier molecular flexibility index (Phi) is 22.6. The molecule has 0 aliphatic heterocycles. The molecule has 0 heterocycles. The van der Waals surface area contributed by atoms with Crippen LogP contribution in [-0.4, -0.2) is 19.0 Å². The summed E-state index contributed by atoms with van der Waals surface area (Å²) in [6.45, 7) is 2.30. The average molecular weight is 497 g/mol. The maximum Gasteiger partial charge on any atom is 0.0342 e. The van der Waals surface area contributed by atoms with Crippen LogP contribution >= 0.6 is 17.0 Å². The lowest BCUT2D eigenvalue weighted by molar-refractivity contribution is 0.276. The molecular formula is C29H54BrN. The van der Waals surface area contributed by atoms with Crippen molar-refractivity contribution < 1.29 is 0 Å². The van der Waals surface area contributed by atoms with Crippen molar-refractivity contribution in [3.8, 4) is 0 Å². The van der Waals surface area contributed by atoms with E-state index in [0.29, 0.717) is 6.04 Å². The zero-order valence-corrected chi connectivity index (χ0v) is 23.0. The van der Waals surface area contributed by atoms with E-state index in [1.54, 1.807) is 0 Å². The lowest BCUT2D eigenvalue weighted by atomic mass is 9.98. The van der Waals surface area contributed by atoms with Crippen molar-refractivity contribution in [3.63, 3.8) is 0 Å². The van der Waals surface area contributed by atoms with E-state index in [-0.39, 0.29) is 17.0 Å². The molecule has 0 saturated heterocycles. The van der Waals surface area contributed by atoms with E-state index in [1.165, 1.54) is 128 Å². The second-order valence-electron chi connectivity index (χ2n) is 9.69. The fourth-order valence-electron chi connectivity index (χ4n) is 4.64. The number of benzene rings is 1. The molecule has 0 radical (unpaired) electrons. The van der Waals surface area contributed by atoms with Gasteiger partial charge in [-0.2, -0.15) is 0 Å². The maximum absolute atomic E-state index is 2.38. The van der Waals surface area contributed by atoms with Crippen molar-refractivity contribution in [3.05, 3.63) is 35.9 Å². The van der Waals surface area contributed by atoms with Gasteiger partial charge >= 0.3 is 0 Å². The molecule has 0 amide bonds. The molecule has 1 rings (SSSR count). The van der Waals surface area contributed by atoms with E-state index in [4.69, 9.17) is 0 Å². The highest BCUT2D eigenvalue weighted by Crippen LogP contribution is 2.24. The predicted octanol–water partition coefficient (Wildman–Crippen LogP) is 10.3. The average Bonchev–Trinajstić information content (AvgIpc) is 2.76. The van der Waals surface area contributed by atoms with Crippen LogP contribution in [-0.2, 0) is 0 Å². The first-order chi connectivity index (χ1) is 14.8. The molecule has 1 aromatic carbocycles. The molecule has 0 bridgehead atoms. The van der Waals surface area contributed by atoms with Gasteiger partial charge in [0.25, 0.3) is 0 Å². The molecule has 1 unspecified atom stereocenters. The zero-order valence-electron chi connectivity index (χ0n) is 21.3. The molecule has 0 fully saturated rings. The summed E-state index contributed by atoms with van der Waals surface area (Å²) in [5.41, 5.74) is 1.47. The van der Waals surface area contributed by atoms with Crippen LogP contribution in [0.4, 0.5) is 0 Å². The molecule has 2 heteroatoms. The maximum atomic E-state index is 2.38. The summed E-state index contributed by atoms with van der Waals surface area (Å²) in [4.78, 5) is 2.38. The van der Waals surface area contributed by atoms with E-state index >= 15 is 0 Å². The van der Waals surface area contributed by atoms with Crippen molar-refractivity contribution in [2.45, 2.75) is 135 Å². The minimum absolute atomic E-state index is 0. The van der Waals surface area contributed by atoms with Crippen molar-refractivity contribution in [2.75, 3.05) is 14.1 Å². The van der Waals surface area contributed by atoms with Crippen LogP contribution < -0.4 is 0 Å². The number of halogens is 1. The van der Waals surface area contributed by atoms with Gasteiger partial charge in [-0.3, -0.25) is 0 Å². The van der Waals surface area contributed by atoms with Crippen LogP contribution in [0.25, 0.3) is 0 Å². The highest BCUT2D eigenvalue weighted by Gasteiger charge is 2.12. The predicted molar refractivity (Wildman–Crippen MR) is 147 cm³/mol. The molecule has 0 spiro atoms. The largest absolute Gasteiger partial charge is 0.302 e. The smallest absolute Gasteiger partial charge is 0.0342 e. The first-order valence-electron chi connectivity index (χ1n) is 13.5. The Labute approximate surface area is 206 Å². The number of hydrogen-bond acceptors (Lipinski definition) is 1. The Morgan fingerprint density at radius 1 is 0.548 bits per heavy atom. The van der Waals surface area contributed by atoms with Gasteiger partial charge in [-0.15, -0.1) is 17.0 Å². The molecular weight excluding hydrogens is 442 g/mol. The van der Waals surface area contributed by atoms with Gasteiger partial charge in [0, 0.05) is 6.04 Å². The number of nitrogens with zero attached hydrogens (tertiary/aromatic N) is 1. The van der Waals surface area contributed by atoms with Gasteiger partial charge in [-0.25, -0.2) is 0 Å². The number of rotatable bonds is 21. The molecule has 182 valence electrons. The Morgan fingerprint density at radius 2 is 0.903 bits per heavy atom. The fraction of sp³-hybridized carbons (Fsp3) is 0.793. The highest BCUT2D eigenvalue weighted by molar-refractivity contribution is 8.93. The van der Waals surface area contributed by atoms with Crippen LogP contribution in [0.5, 0.6) is 0 Å². The van der Waals surface area contributed by atoms with Crippen molar-refractivity contribution in [2.24, 2.45) is 0 Å². The lowest BCUT2D eigenvalue weighted by Gasteiger charge is -2.24. The van der Waals surface area contributed by atoms with Gasteiger partial charge in [0.1, 0.15) is 0 Å². The van der Waals surface area contributed by atoms with Crippen LogP contribution in [0, 0.1) is 0 Å². The molecule has 1 atom stereocenters. The van der Waals surface area contributed by atoms with E-state index in [9.17, 15) is 0 Å². The third kappa shape index (κ3) is 17.8. The van der Waals surface area contributed by atoms with Gasteiger partial charge in [0.2, 0.25) is 0 Å². The summed E-state index contributed by atoms with van der Waals surface area (Å²) in [5.74, 6) is 0. The van der Waals surface area contributed by atoms with Crippen LogP contribution in [0.3, 0.4) is 0 Å². The van der Waals surface area contributed by atoms with Gasteiger partial charge < -0.3 is 4.90 Å². The van der Waals surface area contributed by atoms with E-state index in [1.807, 2.05) is 0 Å². The number of hydrogen-bond donors (Lipinski definition) is 0. The van der Waals surface area contributed by atoms with Gasteiger partial charge in [-0.05, 0) is 26.1 Å². The second-order valence-corrected chi connectivity index (χ2v) is 9.69. The Balaban J connectivity index is 0.00000900. The third-order valence-electron chi connectivity index (χ3n) is 6.64. The van der Waals surface area contributed by atoms with E-state index in [2.05, 4.69) is 56.3 Å². The molecule has 0 aromatic heterocycles. The van der Waals surface area contributed by atoms with Crippen LogP contribution in [0.2, 0.25) is 0 Å². The van der Waals surface area contributed by atoms with Gasteiger partial charge in [-0.1, -0.05) is 153 Å². The summed E-state index contributed by atoms with van der Waals surface area (Å²) in [7, 11) is 4.43. The van der Waals surface area contributed by atoms with Crippen molar-refractivity contribution >= 4 is 17.0 Å². The fourth-order valence-corrected chi connectivity index (χ4v) is 4.64. The summed E-state index contributed by atoms with van der Waals surface area (Å²) in [6.07, 6.45) is 27.3. The van der Waals surface area contributed by atoms with Gasteiger partial charge in [0.05, 0.1) is 0 Å². The Bertz CT molecular complexity index is 459. The van der Waals surface area contributed by atoms with E-state index in [0.717, 1.165) is 0 Å². The first kappa shape index (κ1) is 30.7. The molecule has 1 aromatic rings. The topological polar surface area (TPSA) is 3.24 Å². The van der Waals surface area contributed by atoms with Crippen LogP contribution in [0.1, 0.15) is 141 Å². The van der Waals surface area contributed by atoms with Crippen molar-refractivity contribution in [1.82, 2.24) is 4.90 Å². The summed E-state index contributed by atoms with van der Waals surface area (Å²) in [6, 6.07) is 11.6. The minimum atomic E-state index is 0. The summed E-state index contributed by atoms with van der Waals surface area (Å²) >= 11 is 0. The summed E-state index contributed by atoms with van der Waals surface area (Å²) < 4.78 is 0. The molecule has 1 nitrogen and oxygen atoms in total. The third-order valence-corrected chi connectivity index (χ3v) is 6.64. The zero-order chi connectivity index (χ0) is 21.7. The number of unbranched alkanes of at least 4 members (excludes halogenated alkanes) is 17. The monoisotopic (exact) mass is 495 g/mol. The molecule has 0 saturated carbocycles. The van der Waals surface area contributed by atoms with Crippen molar-refractivity contribution in [1.29, 1.82) is 0 Å². The van der Waals surface area contributed by atoms with E-state index < -0.39 is 0 Å². The SMILES string of the molecule is Br.CCCCCCCCCCCCCCCCCCCCC(c1ccccc1)N(C)C. The molecule has 0 N–H and O–H groups in total. The quantitative estimate of drug-likeness (QED) is 0.153. The molecule has 31 heavy (non-hydrogen) atoms. The highest BCUT2D eigenvalue weighted by atomic mass is 79.9. The van der Waals surface area contributed by atoms with Crippen LogP contribution in [0.15, 0.2) is 30.3 Å². The second kappa shape index (κ2) is 22.8. The summed E-state index contributed by atoms with van der Waals surface area (Å²) in [5, 5.41) is 0. The molecule has 0 aliphatic rings. The lowest BCUT2D eigenvalue weighted by Crippen LogP contribution is -2.19. The standard InChI is InChI=1S/C29H53N.BrH/c1-4-5-6-7-8-9-10-11-12-13-14-15-16-17-18-19-20-24-27-29(30(2)3)28-25-22-21-23-26-28;/h21-23,25-26,29H,4-20,24,27H2,1-3H3;1H. The Hall–Kier alpha value is -0.340. The van der Waals surface area contributed by atoms with Gasteiger partial charge in [0.15, 0.2) is 0 Å². The minimum Gasteiger partial charge on any atom is -0.302 e. The first-order valence-corrected chi connectivity index (χ1v) is 13.5. The molecule has 0 aliphatic carbocycles. The Morgan fingerprint density at radius 3 is 1.26 bits per heavy atom.